The van der Waals surface area contributed by atoms with Gasteiger partial charge in [-0.2, -0.15) is 0 Å². The summed E-state index contributed by atoms with van der Waals surface area (Å²) in [5.74, 6) is 0.265. The Bertz CT molecular complexity index is 617. The number of thiophene rings is 1. The van der Waals surface area contributed by atoms with E-state index in [9.17, 15) is 4.79 Å². The van der Waals surface area contributed by atoms with Crippen molar-refractivity contribution >= 4 is 23.4 Å². The molecular formula is C16H16O4S. The molecule has 0 spiro atoms. The Labute approximate surface area is 127 Å². The molecule has 2 aromatic rings. The highest BCUT2D eigenvalue weighted by molar-refractivity contribution is 7.09. The predicted octanol–water partition coefficient (Wildman–Crippen LogP) is 3.48. The normalized spacial score (nSPS) is 10.7. The minimum atomic E-state index is -0.981. The van der Waals surface area contributed by atoms with Crippen molar-refractivity contribution in [2.24, 2.45) is 0 Å². The molecule has 0 aliphatic carbocycles. The van der Waals surface area contributed by atoms with Crippen LogP contribution < -0.4 is 9.47 Å². The van der Waals surface area contributed by atoms with Gasteiger partial charge in [0.05, 0.1) is 13.7 Å². The van der Waals surface area contributed by atoms with Gasteiger partial charge in [0.1, 0.15) is 0 Å². The topological polar surface area (TPSA) is 55.8 Å². The van der Waals surface area contributed by atoms with E-state index in [-0.39, 0.29) is 0 Å². The van der Waals surface area contributed by atoms with Crippen LogP contribution in [0.2, 0.25) is 0 Å². The lowest BCUT2D eigenvalue weighted by molar-refractivity contribution is -0.131. The van der Waals surface area contributed by atoms with Crippen LogP contribution in [0.1, 0.15) is 10.4 Å². The van der Waals surface area contributed by atoms with Gasteiger partial charge in [0.15, 0.2) is 11.5 Å². The summed E-state index contributed by atoms with van der Waals surface area (Å²) in [6, 6.07) is 9.40. The molecule has 0 bridgehead atoms. The molecule has 4 nitrogen and oxygen atoms in total. The third-order valence-electron chi connectivity index (χ3n) is 2.79. The molecule has 1 aromatic carbocycles. The van der Waals surface area contributed by atoms with Gasteiger partial charge in [0.25, 0.3) is 0 Å². The van der Waals surface area contributed by atoms with Gasteiger partial charge in [-0.15, -0.1) is 11.3 Å². The van der Waals surface area contributed by atoms with Crippen molar-refractivity contribution in [3.63, 3.8) is 0 Å². The van der Waals surface area contributed by atoms with E-state index in [4.69, 9.17) is 14.6 Å². The van der Waals surface area contributed by atoms with E-state index in [1.165, 1.54) is 11.0 Å². The van der Waals surface area contributed by atoms with E-state index in [2.05, 4.69) is 6.07 Å². The first kappa shape index (κ1) is 15.1. The van der Waals surface area contributed by atoms with Crippen LogP contribution in [0.4, 0.5) is 0 Å². The number of carboxylic acids is 1. The number of rotatable bonds is 7. The molecule has 0 unspecified atom stereocenters. The van der Waals surface area contributed by atoms with Crippen LogP contribution in [-0.2, 0) is 11.2 Å². The number of methoxy groups -OCH3 is 1. The average Bonchev–Trinajstić information content (AvgIpc) is 2.98. The summed E-state index contributed by atoms with van der Waals surface area (Å²) in [6.07, 6.45) is 3.45. The van der Waals surface area contributed by atoms with Gasteiger partial charge in [-0.1, -0.05) is 12.1 Å². The fourth-order valence-electron chi connectivity index (χ4n) is 1.79. The Kier molecular flexibility index (Phi) is 5.40. The second kappa shape index (κ2) is 7.50. The van der Waals surface area contributed by atoms with Gasteiger partial charge in [0.2, 0.25) is 0 Å². The lowest BCUT2D eigenvalue weighted by atomic mass is 10.2. The number of hydrogen-bond acceptors (Lipinski definition) is 4. The first-order valence-electron chi connectivity index (χ1n) is 6.43. The molecule has 2 rings (SSSR count). The van der Waals surface area contributed by atoms with Crippen molar-refractivity contribution < 1.29 is 19.4 Å². The average molecular weight is 304 g/mol. The quantitative estimate of drug-likeness (QED) is 0.796. The van der Waals surface area contributed by atoms with Gasteiger partial charge in [-0.25, -0.2) is 4.79 Å². The Balaban J connectivity index is 2.04. The van der Waals surface area contributed by atoms with Crippen molar-refractivity contribution in [3.8, 4) is 11.5 Å². The second-order valence-electron chi connectivity index (χ2n) is 4.26. The Morgan fingerprint density at radius 2 is 2.19 bits per heavy atom. The monoisotopic (exact) mass is 304 g/mol. The molecule has 0 saturated carbocycles. The lowest BCUT2D eigenvalue weighted by Crippen LogP contribution is -2.02. The van der Waals surface area contributed by atoms with Crippen LogP contribution in [0.3, 0.4) is 0 Å². The zero-order valence-electron chi connectivity index (χ0n) is 11.6. The number of carbonyl (C=O) groups is 1. The van der Waals surface area contributed by atoms with Crippen molar-refractivity contribution in [2.45, 2.75) is 6.42 Å². The van der Waals surface area contributed by atoms with Gasteiger partial charge >= 0.3 is 5.97 Å². The van der Waals surface area contributed by atoms with E-state index in [0.717, 1.165) is 18.1 Å². The van der Waals surface area contributed by atoms with Crippen molar-refractivity contribution in [2.75, 3.05) is 13.7 Å². The Hall–Kier alpha value is -2.27. The fraction of sp³-hybridized carbons (Fsp3) is 0.188. The molecule has 0 aliphatic heterocycles. The zero-order valence-corrected chi connectivity index (χ0v) is 12.4. The van der Waals surface area contributed by atoms with Gasteiger partial charge in [-0.3, -0.25) is 0 Å². The number of benzene rings is 1. The third-order valence-corrected chi connectivity index (χ3v) is 3.73. The smallest absolute Gasteiger partial charge is 0.328 e. The Morgan fingerprint density at radius 3 is 2.86 bits per heavy atom. The first-order valence-corrected chi connectivity index (χ1v) is 7.31. The van der Waals surface area contributed by atoms with Gasteiger partial charge < -0.3 is 14.6 Å². The highest BCUT2D eigenvalue weighted by Gasteiger charge is 2.05. The van der Waals surface area contributed by atoms with E-state index in [1.807, 2.05) is 11.4 Å². The zero-order chi connectivity index (χ0) is 15.1. The van der Waals surface area contributed by atoms with Crippen LogP contribution >= 0.6 is 11.3 Å². The van der Waals surface area contributed by atoms with E-state index < -0.39 is 5.97 Å². The maximum absolute atomic E-state index is 10.5. The molecule has 1 aromatic heterocycles. The lowest BCUT2D eigenvalue weighted by Gasteiger charge is -2.11. The molecular weight excluding hydrogens is 288 g/mol. The summed E-state index contributed by atoms with van der Waals surface area (Å²) in [5, 5.41) is 10.7. The molecule has 0 amide bonds. The molecule has 0 radical (unpaired) electrons. The summed E-state index contributed by atoms with van der Waals surface area (Å²) in [7, 11) is 1.58. The number of aliphatic carboxylic acids is 1. The molecule has 0 saturated heterocycles. The maximum Gasteiger partial charge on any atom is 0.328 e. The molecule has 0 aliphatic rings. The van der Waals surface area contributed by atoms with E-state index >= 15 is 0 Å². The van der Waals surface area contributed by atoms with Crippen molar-refractivity contribution in [1.29, 1.82) is 0 Å². The maximum atomic E-state index is 10.5. The van der Waals surface area contributed by atoms with Crippen LogP contribution in [-0.4, -0.2) is 24.8 Å². The van der Waals surface area contributed by atoms with Gasteiger partial charge in [-0.05, 0) is 35.2 Å². The highest BCUT2D eigenvalue weighted by atomic mass is 32.1. The minimum Gasteiger partial charge on any atom is -0.493 e. The molecule has 5 heteroatoms. The fourth-order valence-corrected chi connectivity index (χ4v) is 2.48. The molecule has 110 valence electrons. The molecule has 0 atom stereocenters. The van der Waals surface area contributed by atoms with Crippen molar-refractivity contribution in [1.82, 2.24) is 0 Å². The highest BCUT2D eigenvalue weighted by Crippen LogP contribution is 2.28. The molecule has 1 N–H and O–H groups in total. The Morgan fingerprint density at radius 1 is 1.33 bits per heavy atom. The predicted molar refractivity (Wildman–Crippen MR) is 83.2 cm³/mol. The minimum absolute atomic E-state index is 0.545. The summed E-state index contributed by atoms with van der Waals surface area (Å²) < 4.78 is 11.0. The molecule has 1 heterocycles. The first-order chi connectivity index (χ1) is 10.2. The molecule has 21 heavy (non-hydrogen) atoms. The van der Waals surface area contributed by atoms with E-state index in [1.54, 1.807) is 36.6 Å². The summed E-state index contributed by atoms with van der Waals surface area (Å²) >= 11 is 1.69. The van der Waals surface area contributed by atoms with Crippen LogP contribution in [0.25, 0.3) is 6.08 Å². The third kappa shape index (κ3) is 4.65. The standard InChI is InChI=1S/C16H16O4S/c1-19-14-6-4-12(5-7-16(17)18)11-15(14)20-9-8-13-3-2-10-21-13/h2-7,10-11H,8-9H2,1H3,(H,17,18). The van der Waals surface area contributed by atoms with Crippen molar-refractivity contribution in [3.05, 3.63) is 52.2 Å². The number of hydrogen-bond donors (Lipinski definition) is 1. The molecule has 0 fully saturated rings. The number of ether oxygens (including phenoxy) is 2. The SMILES string of the molecule is COc1ccc(C=CC(=O)O)cc1OCCc1cccs1. The summed E-state index contributed by atoms with van der Waals surface area (Å²) in [4.78, 5) is 11.8. The van der Waals surface area contributed by atoms with Crippen LogP contribution in [0, 0.1) is 0 Å². The largest absolute Gasteiger partial charge is 0.493 e. The van der Waals surface area contributed by atoms with E-state index in [0.29, 0.717) is 18.1 Å². The summed E-state index contributed by atoms with van der Waals surface area (Å²) in [5.41, 5.74) is 0.754. The second-order valence-corrected chi connectivity index (χ2v) is 5.29. The summed E-state index contributed by atoms with van der Waals surface area (Å²) in [6.45, 7) is 0.545. The van der Waals surface area contributed by atoms with Crippen LogP contribution in [0.5, 0.6) is 11.5 Å². The van der Waals surface area contributed by atoms with Crippen LogP contribution in [0.15, 0.2) is 41.8 Å². The van der Waals surface area contributed by atoms with Gasteiger partial charge in [0, 0.05) is 17.4 Å². The number of carboxylic acid groups (broad SMARTS) is 1.